The second-order valence-corrected chi connectivity index (χ2v) is 11.4. The number of phenols is 1. The van der Waals surface area contributed by atoms with Gasteiger partial charge in [-0.3, -0.25) is 19.3 Å². The molecular weight excluding hydrogens is 523 g/mol. The predicted molar refractivity (Wildman–Crippen MR) is 140 cm³/mol. The van der Waals surface area contributed by atoms with Crippen LogP contribution in [0.3, 0.4) is 0 Å². The number of nitrogens with zero attached hydrogens (tertiary/aromatic N) is 1. The topological polar surface area (TPSA) is 185 Å². The number of allylic oxidation sites excluding steroid dienone is 1. The van der Waals surface area contributed by atoms with Gasteiger partial charge in [-0.05, 0) is 57.7 Å². The standard InChI is InChI=1S/C28H33FN4O7/c1-2-31-20-13-10-11-9-12-16(22(34)15(11)25(37)28(13,40)26(38)18(24(20)36)27(30)39)23(35)21-17(19(12)29)14(5-6-32-21)33-7-3-4-8-33/h11,13-14,20,31-32,35-37,40H,2-10H2,1H3,(H2,30,39)/t11-,13-,14?,20-,28-/m0/s1. The number of aromatic hydroxyl groups is 1. The van der Waals surface area contributed by atoms with Gasteiger partial charge in [-0.25, -0.2) is 4.39 Å². The maximum absolute atomic E-state index is 16.4. The number of Topliss-reactive ketones (excluding diaryl/α,β-unsaturated/α-hetero) is 2. The molecule has 5 atom stereocenters. The lowest BCUT2D eigenvalue weighted by Crippen LogP contribution is -2.64. The lowest BCUT2D eigenvalue weighted by Gasteiger charge is -2.49. The van der Waals surface area contributed by atoms with Gasteiger partial charge in [0.25, 0.3) is 5.91 Å². The van der Waals surface area contributed by atoms with Crippen LogP contribution in [0.5, 0.6) is 5.75 Å². The van der Waals surface area contributed by atoms with Crippen molar-refractivity contribution in [3.05, 3.63) is 45.2 Å². The summed E-state index contributed by atoms with van der Waals surface area (Å²) in [5.41, 5.74) is 1.62. The zero-order valence-corrected chi connectivity index (χ0v) is 22.1. The zero-order chi connectivity index (χ0) is 28.7. The predicted octanol–water partition coefficient (Wildman–Crippen LogP) is 1.26. The molecule has 214 valence electrons. The van der Waals surface area contributed by atoms with Crippen molar-refractivity contribution < 1.29 is 39.2 Å². The van der Waals surface area contributed by atoms with E-state index in [1.54, 1.807) is 6.92 Å². The molecule has 0 spiro atoms. The summed E-state index contributed by atoms with van der Waals surface area (Å²) in [5, 5.41) is 51.2. The van der Waals surface area contributed by atoms with E-state index in [4.69, 9.17) is 5.73 Å². The summed E-state index contributed by atoms with van der Waals surface area (Å²) in [6.07, 6.45) is 2.47. The molecule has 5 aliphatic rings. The fourth-order valence-electron chi connectivity index (χ4n) is 7.63. The van der Waals surface area contributed by atoms with E-state index in [2.05, 4.69) is 15.5 Å². The van der Waals surface area contributed by atoms with Crippen molar-refractivity contribution >= 4 is 23.2 Å². The van der Waals surface area contributed by atoms with Gasteiger partial charge in [-0.15, -0.1) is 0 Å². The molecule has 6 rings (SSSR count). The second kappa shape index (κ2) is 9.28. The van der Waals surface area contributed by atoms with Crippen LogP contribution in [0.25, 0.3) is 0 Å². The highest BCUT2D eigenvalue weighted by atomic mass is 19.1. The number of phenolic OH excluding ortho intramolecular Hbond substituents is 1. The number of anilines is 1. The van der Waals surface area contributed by atoms with Crippen LogP contribution >= 0.6 is 0 Å². The summed E-state index contributed by atoms with van der Waals surface area (Å²) in [7, 11) is 0. The van der Waals surface area contributed by atoms with Crippen LogP contribution in [0.1, 0.15) is 60.1 Å². The van der Waals surface area contributed by atoms with Gasteiger partial charge < -0.3 is 36.8 Å². The van der Waals surface area contributed by atoms with E-state index in [1.807, 2.05) is 0 Å². The lowest BCUT2D eigenvalue weighted by molar-refractivity contribution is -0.146. The number of carbonyl (C=O) groups excluding carboxylic acids is 3. The summed E-state index contributed by atoms with van der Waals surface area (Å²) < 4.78 is 16.4. The number of rotatable bonds is 4. The second-order valence-electron chi connectivity index (χ2n) is 11.4. The van der Waals surface area contributed by atoms with Crippen molar-refractivity contribution in [2.24, 2.45) is 17.6 Å². The minimum atomic E-state index is -2.73. The highest BCUT2D eigenvalue weighted by Crippen LogP contribution is 2.54. The third kappa shape index (κ3) is 3.42. The Labute approximate surface area is 229 Å². The summed E-state index contributed by atoms with van der Waals surface area (Å²) >= 11 is 0. The molecule has 40 heavy (non-hydrogen) atoms. The van der Waals surface area contributed by atoms with Crippen LogP contribution in [-0.2, 0) is 16.0 Å². The molecule has 2 heterocycles. The SMILES string of the molecule is CCN[C@@H]1C(O)=C(C(N)=O)C(=O)[C@@]2(O)C(O)=C3C(=O)c4c(O)c5c(c(F)c4C[C@H]3C[C@@H]12)C(N1CCCC1)CCN5. The van der Waals surface area contributed by atoms with Crippen LogP contribution in [0.4, 0.5) is 10.1 Å². The van der Waals surface area contributed by atoms with Gasteiger partial charge in [0.2, 0.25) is 5.78 Å². The molecule has 0 bridgehead atoms. The summed E-state index contributed by atoms with van der Waals surface area (Å²) in [4.78, 5) is 41.5. The minimum absolute atomic E-state index is 0.0286. The van der Waals surface area contributed by atoms with Gasteiger partial charge in [0.1, 0.15) is 22.9 Å². The number of carbonyl (C=O) groups is 3. The molecule has 1 amide bonds. The first-order valence-corrected chi connectivity index (χ1v) is 13.8. The van der Waals surface area contributed by atoms with E-state index in [0.717, 1.165) is 25.9 Å². The molecule has 1 aromatic carbocycles. The van der Waals surface area contributed by atoms with E-state index in [9.17, 15) is 34.8 Å². The number of nitrogens with one attached hydrogen (secondary N) is 2. The number of amides is 1. The third-order valence-corrected chi connectivity index (χ3v) is 9.40. The number of hydrogen-bond acceptors (Lipinski definition) is 10. The first-order chi connectivity index (χ1) is 19.0. The molecule has 1 saturated heterocycles. The molecule has 3 aliphatic carbocycles. The first-order valence-electron chi connectivity index (χ1n) is 13.8. The average molecular weight is 557 g/mol. The van der Waals surface area contributed by atoms with Crippen LogP contribution in [0.15, 0.2) is 22.7 Å². The minimum Gasteiger partial charge on any atom is -0.510 e. The van der Waals surface area contributed by atoms with Crippen LogP contribution in [0, 0.1) is 17.7 Å². The molecule has 0 radical (unpaired) electrons. The number of aliphatic hydroxyl groups is 3. The average Bonchev–Trinajstić information content (AvgIpc) is 3.46. The Morgan fingerprint density at radius 1 is 1.23 bits per heavy atom. The fraction of sp³-hybridized carbons (Fsp3) is 0.536. The molecule has 12 heteroatoms. The van der Waals surface area contributed by atoms with Crippen molar-refractivity contribution in [3.8, 4) is 5.75 Å². The van der Waals surface area contributed by atoms with Crippen LogP contribution in [-0.4, -0.2) is 80.6 Å². The Hall–Kier alpha value is -3.48. The first kappa shape index (κ1) is 26.7. The van der Waals surface area contributed by atoms with E-state index in [1.165, 1.54) is 0 Å². The normalized spacial score (nSPS) is 31.9. The number of benzene rings is 1. The largest absolute Gasteiger partial charge is 0.510 e. The van der Waals surface area contributed by atoms with Gasteiger partial charge in [0, 0.05) is 35.2 Å². The Bertz CT molecular complexity index is 1420. The van der Waals surface area contributed by atoms with Crippen molar-refractivity contribution in [2.45, 2.75) is 56.7 Å². The lowest BCUT2D eigenvalue weighted by atomic mass is 9.58. The van der Waals surface area contributed by atoms with E-state index < -0.39 is 69.6 Å². The van der Waals surface area contributed by atoms with E-state index in [0.29, 0.717) is 18.5 Å². The van der Waals surface area contributed by atoms with Gasteiger partial charge in [-0.1, -0.05) is 6.92 Å². The summed E-state index contributed by atoms with van der Waals surface area (Å²) in [5.74, 6) is -8.13. The van der Waals surface area contributed by atoms with Crippen molar-refractivity contribution in [3.63, 3.8) is 0 Å². The van der Waals surface area contributed by atoms with Crippen molar-refractivity contribution in [2.75, 3.05) is 31.5 Å². The third-order valence-electron chi connectivity index (χ3n) is 9.40. The number of ketones is 2. The highest BCUT2D eigenvalue weighted by molar-refractivity contribution is 6.25. The Morgan fingerprint density at radius 2 is 1.93 bits per heavy atom. The maximum atomic E-state index is 16.4. The Morgan fingerprint density at radius 3 is 2.58 bits per heavy atom. The van der Waals surface area contributed by atoms with Crippen LogP contribution in [0.2, 0.25) is 0 Å². The number of aliphatic hydroxyl groups excluding tert-OH is 2. The number of hydrogen-bond donors (Lipinski definition) is 7. The molecule has 1 fully saturated rings. The van der Waals surface area contributed by atoms with E-state index >= 15 is 4.39 Å². The molecule has 0 aromatic heterocycles. The maximum Gasteiger partial charge on any atom is 0.255 e. The molecular formula is C28H33FN4O7. The monoisotopic (exact) mass is 556 g/mol. The van der Waals surface area contributed by atoms with Gasteiger partial charge in [0.05, 0.1) is 17.3 Å². The number of halogens is 1. The number of primary amides is 1. The molecule has 11 nitrogen and oxygen atoms in total. The van der Waals surface area contributed by atoms with Gasteiger partial charge >= 0.3 is 0 Å². The number of fused-ring (bicyclic) bond motifs is 4. The highest BCUT2D eigenvalue weighted by Gasteiger charge is 2.63. The number of likely N-dealkylation sites (N-methyl/N-ethyl adjacent to an activating group) is 1. The summed E-state index contributed by atoms with van der Waals surface area (Å²) in [6, 6.07) is -1.39. The quantitative estimate of drug-likeness (QED) is 0.210. The molecule has 1 aromatic rings. The van der Waals surface area contributed by atoms with Crippen LogP contribution < -0.4 is 16.4 Å². The molecule has 0 saturated carbocycles. The fourth-order valence-corrected chi connectivity index (χ4v) is 7.63. The Balaban J connectivity index is 1.52. The zero-order valence-electron chi connectivity index (χ0n) is 22.1. The number of nitrogens with two attached hydrogens (primary N) is 1. The molecule has 1 unspecified atom stereocenters. The van der Waals surface area contributed by atoms with Gasteiger partial charge in [0.15, 0.2) is 17.1 Å². The summed E-state index contributed by atoms with van der Waals surface area (Å²) in [6.45, 7) is 4.08. The Kier molecular flexibility index (Phi) is 6.20. The van der Waals surface area contributed by atoms with Crippen molar-refractivity contribution in [1.29, 1.82) is 0 Å². The number of likely N-dealkylation sites (tertiary alicyclic amines) is 1. The molecule has 8 N–H and O–H groups in total. The van der Waals surface area contributed by atoms with E-state index in [-0.39, 0.29) is 47.8 Å². The van der Waals surface area contributed by atoms with Gasteiger partial charge in [-0.2, -0.15) is 0 Å². The van der Waals surface area contributed by atoms with Crippen molar-refractivity contribution in [1.82, 2.24) is 10.2 Å². The smallest absolute Gasteiger partial charge is 0.255 e. The molecule has 2 aliphatic heterocycles.